The maximum atomic E-state index is 11.2. The molecular weight excluding hydrogens is 202 g/mol. The fourth-order valence-electron chi connectivity index (χ4n) is 1.39. The lowest BCUT2D eigenvalue weighted by molar-refractivity contribution is -0.116. The summed E-state index contributed by atoms with van der Waals surface area (Å²) in [4.78, 5) is 11.2. The van der Waals surface area contributed by atoms with E-state index >= 15 is 0 Å². The lowest BCUT2D eigenvalue weighted by atomic mass is 10.1. The lowest BCUT2D eigenvalue weighted by Crippen LogP contribution is -2.38. The van der Waals surface area contributed by atoms with Gasteiger partial charge in [-0.1, -0.05) is 36.3 Å². The second-order valence-corrected chi connectivity index (χ2v) is 3.42. The number of benzene rings is 1. The van der Waals surface area contributed by atoms with Crippen molar-refractivity contribution >= 4 is 5.91 Å². The van der Waals surface area contributed by atoms with Gasteiger partial charge in [0.25, 0.3) is 5.91 Å². The van der Waals surface area contributed by atoms with E-state index in [1.54, 1.807) is 6.92 Å². The molecule has 0 unspecified atom stereocenters. The molecule has 1 amide bonds. The highest BCUT2D eigenvalue weighted by molar-refractivity contribution is 5.93. The molecule has 16 heavy (non-hydrogen) atoms. The van der Waals surface area contributed by atoms with Crippen LogP contribution in [0.1, 0.15) is 12.5 Å². The minimum absolute atomic E-state index is 0.0912. The van der Waals surface area contributed by atoms with Gasteiger partial charge in [0.1, 0.15) is 0 Å². The van der Waals surface area contributed by atoms with E-state index in [0.29, 0.717) is 6.42 Å². The molecule has 1 aromatic carbocycles. The van der Waals surface area contributed by atoms with Crippen LogP contribution < -0.4 is 5.32 Å². The Hall–Kier alpha value is -1.79. The molecule has 0 aliphatic rings. The predicted molar refractivity (Wildman–Crippen MR) is 62.6 cm³/mol. The van der Waals surface area contributed by atoms with Gasteiger partial charge >= 0.3 is 0 Å². The summed E-state index contributed by atoms with van der Waals surface area (Å²) >= 11 is 0. The zero-order chi connectivity index (χ0) is 11.8. The zero-order valence-corrected chi connectivity index (χ0v) is 9.23. The van der Waals surface area contributed by atoms with E-state index in [9.17, 15) is 4.79 Å². The molecule has 0 saturated carbocycles. The van der Waals surface area contributed by atoms with Crippen molar-refractivity contribution in [2.45, 2.75) is 19.4 Å². The Kier molecular flexibility index (Phi) is 5.10. The minimum atomic E-state index is -0.350. The monoisotopic (exact) mass is 217 g/mol. The van der Waals surface area contributed by atoms with Gasteiger partial charge in [0.2, 0.25) is 0 Å². The number of aliphatic hydroxyl groups is 1. The molecule has 0 aromatic heterocycles. The van der Waals surface area contributed by atoms with E-state index in [2.05, 4.69) is 17.2 Å². The standard InChI is InChI=1S/C13H15NO2/c1-2-6-13(16)14-12(10-15)9-11-7-4-3-5-8-11/h3-5,7-8,12,15H,9-10H2,1H3,(H,14,16)/t12-/m1/s1. The van der Waals surface area contributed by atoms with Gasteiger partial charge < -0.3 is 10.4 Å². The Morgan fingerprint density at radius 3 is 2.69 bits per heavy atom. The van der Waals surface area contributed by atoms with Crippen molar-refractivity contribution in [1.29, 1.82) is 0 Å². The van der Waals surface area contributed by atoms with Gasteiger partial charge in [0, 0.05) is 0 Å². The molecule has 0 aliphatic heterocycles. The maximum Gasteiger partial charge on any atom is 0.296 e. The minimum Gasteiger partial charge on any atom is -0.394 e. The predicted octanol–water partition coefficient (Wildman–Crippen LogP) is 0.729. The van der Waals surface area contributed by atoms with Gasteiger partial charge in [0.15, 0.2) is 0 Å². The average molecular weight is 217 g/mol. The smallest absolute Gasteiger partial charge is 0.296 e. The fourth-order valence-corrected chi connectivity index (χ4v) is 1.39. The van der Waals surface area contributed by atoms with E-state index in [-0.39, 0.29) is 18.6 Å². The molecule has 1 aromatic rings. The maximum absolute atomic E-state index is 11.2. The first-order valence-electron chi connectivity index (χ1n) is 5.14. The molecule has 2 N–H and O–H groups in total. The Balaban J connectivity index is 2.55. The highest BCUT2D eigenvalue weighted by Crippen LogP contribution is 2.02. The summed E-state index contributed by atoms with van der Waals surface area (Å²) in [7, 11) is 0. The third-order valence-electron chi connectivity index (χ3n) is 2.12. The summed E-state index contributed by atoms with van der Waals surface area (Å²) in [5.74, 6) is 4.55. The van der Waals surface area contributed by atoms with Crippen LogP contribution in [0.5, 0.6) is 0 Å². The first-order valence-corrected chi connectivity index (χ1v) is 5.14. The van der Waals surface area contributed by atoms with Crippen LogP contribution in [0.4, 0.5) is 0 Å². The van der Waals surface area contributed by atoms with Gasteiger partial charge in [-0.25, -0.2) is 0 Å². The van der Waals surface area contributed by atoms with E-state index in [1.165, 1.54) is 0 Å². The van der Waals surface area contributed by atoms with Crippen molar-refractivity contribution in [2.24, 2.45) is 0 Å². The SMILES string of the molecule is CC#CC(=O)N[C@@H](CO)Cc1ccccc1. The van der Waals surface area contributed by atoms with Crippen molar-refractivity contribution in [3.63, 3.8) is 0 Å². The van der Waals surface area contributed by atoms with E-state index < -0.39 is 0 Å². The first kappa shape index (κ1) is 12.3. The average Bonchev–Trinajstić information content (AvgIpc) is 2.30. The van der Waals surface area contributed by atoms with Crippen molar-refractivity contribution in [3.8, 4) is 11.8 Å². The van der Waals surface area contributed by atoms with Crippen molar-refractivity contribution in [3.05, 3.63) is 35.9 Å². The van der Waals surface area contributed by atoms with Crippen LogP contribution in [0.25, 0.3) is 0 Å². The Morgan fingerprint density at radius 2 is 2.12 bits per heavy atom. The molecule has 0 spiro atoms. The Labute approximate surface area is 95.5 Å². The summed E-state index contributed by atoms with van der Waals surface area (Å²) in [6, 6.07) is 9.42. The van der Waals surface area contributed by atoms with Gasteiger partial charge in [-0.2, -0.15) is 0 Å². The van der Waals surface area contributed by atoms with Gasteiger partial charge in [-0.05, 0) is 24.8 Å². The molecule has 1 atom stereocenters. The zero-order valence-electron chi connectivity index (χ0n) is 9.23. The summed E-state index contributed by atoms with van der Waals surface area (Å²) in [6.45, 7) is 1.51. The molecule has 3 heteroatoms. The van der Waals surface area contributed by atoms with Crippen LogP contribution in [0, 0.1) is 11.8 Å². The molecule has 0 saturated heterocycles. The molecular formula is C13H15NO2. The molecule has 0 heterocycles. The van der Waals surface area contributed by atoms with Crippen molar-refractivity contribution < 1.29 is 9.90 Å². The lowest BCUT2D eigenvalue weighted by Gasteiger charge is -2.14. The van der Waals surface area contributed by atoms with Crippen molar-refractivity contribution in [1.82, 2.24) is 5.32 Å². The summed E-state index contributed by atoms with van der Waals surface area (Å²) < 4.78 is 0. The number of hydrogen-bond donors (Lipinski definition) is 2. The largest absolute Gasteiger partial charge is 0.394 e. The van der Waals surface area contributed by atoms with Gasteiger partial charge in [0.05, 0.1) is 12.6 Å². The molecule has 0 radical (unpaired) electrons. The first-order chi connectivity index (χ1) is 7.76. The van der Waals surface area contributed by atoms with Crippen LogP contribution in [0.3, 0.4) is 0 Å². The second kappa shape index (κ2) is 6.65. The molecule has 1 rings (SSSR count). The third kappa shape index (κ3) is 4.16. The summed E-state index contributed by atoms with van der Waals surface area (Å²) in [5.41, 5.74) is 1.08. The molecule has 0 fully saturated rings. The van der Waals surface area contributed by atoms with Crippen LogP contribution >= 0.6 is 0 Å². The fraction of sp³-hybridized carbons (Fsp3) is 0.308. The number of rotatable bonds is 4. The summed E-state index contributed by atoms with van der Waals surface area (Å²) in [6.07, 6.45) is 0.606. The van der Waals surface area contributed by atoms with E-state index in [1.807, 2.05) is 30.3 Å². The normalized spacial score (nSPS) is 11.1. The number of carbonyl (C=O) groups is 1. The van der Waals surface area contributed by atoms with Gasteiger partial charge in [-0.15, -0.1) is 0 Å². The van der Waals surface area contributed by atoms with Crippen LogP contribution in [0.15, 0.2) is 30.3 Å². The number of aliphatic hydroxyl groups excluding tert-OH is 1. The summed E-state index contributed by atoms with van der Waals surface area (Å²) in [5, 5.41) is 11.8. The number of amides is 1. The van der Waals surface area contributed by atoms with Gasteiger partial charge in [-0.3, -0.25) is 4.79 Å². The van der Waals surface area contributed by atoms with E-state index in [0.717, 1.165) is 5.56 Å². The Morgan fingerprint density at radius 1 is 1.44 bits per heavy atom. The molecule has 0 aliphatic carbocycles. The third-order valence-corrected chi connectivity index (χ3v) is 2.12. The van der Waals surface area contributed by atoms with Crippen LogP contribution in [-0.4, -0.2) is 23.7 Å². The number of carbonyl (C=O) groups excluding carboxylic acids is 1. The molecule has 0 bridgehead atoms. The quantitative estimate of drug-likeness (QED) is 0.730. The Bertz CT molecular complexity index is 389. The van der Waals surface area contributed by atoms with E-state index in [4.69, 9.17) is 5.11 Å². The van der Waals surface area contributed by atoms with Crippen LogP contribution in [0.2, 0.25) is 0 Å². The van der Waals surface area contributed by atoms with Crippen molar-refractivity contribution in [2.75, 3.05) is 6.61 Å². The highest BCUT2D eigenvalue weighted by atomic mass is 16.3. The highest BCUT2D eigenvalue weighted by Gasteiger charge is 2.10. The number of hydrogen-bond acceptors (Lipinski definition) is 2. The second-order valence-electron chi connectivity index (χ2n) is 3.42. The topological polar surface area (TPSA) is 49.3 Å². The molecule has 84 valence electrons. The number of nitrogens with one attached hydrogen (secondary N) is 1. The molecule has 3 nitrogen and oxygen atoms in total. The van der Waals surface area contributed by atoms with Crippen LogP contribution in [-0.2, 0) is 11.2 Å².